The average Bonchev–Trinajstić information content (AvgIpc) is 2.41. The smallest absolute Gasteiger partial charge is 0.394 e. The highest BCUT2D eigenvalue weighted by molar-refractivity contribution is 6.30. The minimum atomic E-state index is -4.48. The average molecular weight is 345 g/mol. The summed E-state index contributed by atoms with van der Waals surface area (Å²) in [6.45, 7) is 2.25. The first kappa shape index (κ1) is 18.5. The molecule has 2 N–H and O–H groups in total. The largest absolute Gasteiger partial charge is 0.416 e. The Kier molecular flexibility index (Phi) is 6.74. The van der Waals surface area contributed by atoms with Crippen molar-refractivity contribution in [3.05, 3.63) is 34.3 Å². The van der Waals surface area contributed by atoms with Gasteiger partial charge in [0.25, 0.3) is 0 Å². The highest BCUT2D eigenvalue weighted by Gasteiger charge is 2.36. The highest BCUT2D eigenvalue weighted by Crippen LogP contribution is 2.37. The van der Waals surface area contributed by atoms with E-state index < -0.39 is 17.8 Å². The summed E-state index contributed by atoms with van der Waals surface area (Å²) >= 11 is 5.67. The van der Waals surface area contributed by atoms with Crippen molar-refractivity contribution in [3.8, 4) is 0 Å². The molecule has 0 aliphatic carbocycles. The van der Waals surface area contributed by atoms with Gasteiger partial charge >= 0.3 is 6.18 Å². The van der Waals surface area contributed by atoms with Crippen molar-refractivity contribution in [2.75, 3.05) is 32.8 Å². The van der Waals surface area contributed by atoms with Gasteiger partial charge in [-0.05, 0) is 17.7 Å². The van der Waals surface area contributed by atoms with E-state index in [-0.39, 0.29) is 29.6 Å². The van der Waals surface area contributed by atoms with Crippen molar-refractivity contribution >= 4 is 24.0 Å². The van der Waals surface area contributed by atoms with E-state index in [9.17, 15) is 18.3 Å². The molecule has 21 heavy (non-hydrogen) atoms. The lowest BCUT2D eigenvalue weighted by atomic mass is 9.98. The summed E-state index contributed by atoms with van der Waals surface area (Å²) in [7, 11) is 0. The lowest BCUT2D eigenvalue weighted by Crippen LogP contribution is -2.46. The molecule has 0 aromatic heterocycles. The van der Waals surface area contributed by atoms with Gasteiger partial charge < -0.3 is 10.4 Å². The number of hydrogen-bond acceptors (Lipinski definition) is 3. The minimum absolute atomic E-state index is 0. The number of nitrogens with one attached hydrogen (secondary N) is 1. The fourth-order valence-electron chi connectivity index (χ4n) is 2.47. The summed E-state index contributed by atoms with van der Waals surface area (Å²) < 4.78 is 39.4. The van der Waals surface area contributed by atoms with Crippen LogP contribution in [0.4, 0.5) is 13.2 Å². The Labute approximate surface area is 132 Å². The van der Waals surface area contributed by atoms with Crippen molar-refractivity contribution in [3.63, 3.8) is 0 Å². The molecule has 1 heterocycles. The number of benzene rings is 1. The number of aliphatic hydroxyl groups excluding tert-OH is 1. The van der Waals surface area contributed by atoms with E-state index >= 15 is 0 Å². The van der Waals surface area contributed by atoms with Crippen LogP contribution in [0.3, 0.4) is 0 Å². The predicted octanol–water partition coefficient (Wildman–Crippen LogP) is 2.72. The molecular formula is C13H17Cl2F3N2O. The topological polar surface area (TPSA) is 35.5 Å². The van der Waals surface area contributed by atoms with Gasteiger partial charge in [-0.2, -0.15) is 13.2 Å². The van der Waals surface area contributed by atoms with E-state index in [4.69, 9.17) is 11.6 Å². The van der Waals surface area contributed by atoms with Crippen molar-refractivity contribution < 1.29 is 18.3 Å². The van der Waals surface area contributed by atoms with E-state index in [2.05, 4.69) is 5.32 Å². The first-order valence-electron chi connectivity index (χ1n) is 6.35. The standard InChI is InChI=1S/C13H16ClF3N2O.ClH/c14-9-1-2-10(11(7-9)13(15,16)17)12(8-20)19-5-3-18-4-6-19;/h1-2,7,12,18,20H,3-6,8H2;1H/t12-;/m0./s1. The first-order valence-corrected chi connectivity index (χ1v) is 6.73. The Morgan fingerprint density at radius 1 is 1.29 bits per heavy atom. The van der Waals surface area contributed by atoms with E-state index in [1.54, 1.807) is 0 Å². The van der Waals surface area contributed by atoms with Crippen LogP contribution in [0.15, 0.2) is 18.2 Å². The maximum Gasteiger partial charge on any atom is 0.416 e. The molecular weight excluding hydrogens is 328 g/mol. The molecule has 3 nitrogen and oxygen atoms in total. The zero-order valence-corrected chi connectivity index (χ0v) is 12.7. The number of rotatable bonds is 3. The van der Waals surface area contributed by atoms with E-state index in [0.717, 1.165) is 6.07 Å². The molecule has 0 unspecified atom stereocenters. The van der Waals surface area contributed by atoms with Crippen LogP contribution in [0.5, 0.6) is 0 Å². The normalized spacial score (nSPS) is 18.1. The number of alkyl halides is 3. The van der Waals surface area contributed by atoms with Crippen molar-refractivity contribution in [2.45, 2.75) is 12.2 Å². The third-order valence-corrected chi connectivity index (χ3v) is 3.68. The van der Waals surface area contributed by atoms with E-state index in [0.29, 0.717) is 26.2 Å². The number of hydrogen-bond donors (Lipinski definition) is 2. The maximum atomic E-state index is 13.1. The van der Waals surface area contributed by atoms with Crippen molar-refractivity contribution in [1.82, 2.24) is 10.2 Å². The molecule has 1 aromatic carbocycles. The fourth-order valence-corrected chi connectivity index (χ4v) is 2.64. The summed E-state index contributed by atoms with van der Waals surface area (Å²) in [5, 5.41) is 12.7. The molecule has 1 fully saturated rings. The van der Waals surface area contributed by atoms with Crippen molar-refractivity contribution in [1.29, 1.82) is 0 Å². The Hall–Kier alpha value is -0.530. The fraction of sp³-hybridized carbons (Fsp3) is 0.538. The number of piperazine rings is 1. The second-order valence-corrected chi connectivity index (χ2v) is 5.15. The first-order chi connectivity index (χ1) is 9.43. The van der Waals surface area contributed by atoms with Crippen LogP contribution in [0.2, 0.25) is 5.02 Å². The monoisotopic (exact) mass is 344 g/mol. The molecule has 0 radical (unpaired) electrons. The molecule has 0 amide bonds. The second kappa shape index (κ2) is 7.65. The van der Waals surface area contributed by atoms with Crippen LogP contribution in [0.1, 0.15) is 17.2 Å². The molecule has 1 atom stereocenters. The number of aliphatic hydroxyl groups is 1. The minimum Gasteiger partial charge on any atom is -0.394 e. The predicted molar refractivity (Wildman–Crippen MR) is 78.0 cm³/mol. The van der Waals surface area contributed by atoms with Crippen LogP contribution >= 0.6 is 24.0 Å². The third-order valence-electron chi connectivity index (χ3n) is 3.45. The molecule has 1 aliphatic rings. The summed E-state index contributed by atoms with van der Waals surface area (Å²) in [5.74, 6) is 0. The van der Waals surface area contributed by atoms with Crippen molar-refractivity contribution in [2.24, 2.45) is 0 Å². The molecule has 0 bridgehead atoms. The molecule has 0 spiro atoms. The van der Waals surface area contributed by atoms with Gasteiger partial charge in [0, 0.05) is 31.2 Å². The van der Waals surface area contributed by atoms with Gasteiger partial charge in [0.05, 0.1) is 18.2 Å². The lowest BCUT2D eigenvalue weighted by Gasteiger charge is -2.35. The Morgan fingerprint density at radius 3 is 2.43 bits per heavy atom. The Morgan fingerprint density at radius 2 is 1.90 bits per heavy atom. The summed E-state index contributed by atoms with van der Waals surface area (Å²) in [6.07, 6.45) is -4.48. The quantitative estimate of drug-likeness (QED) is 0.884. The van der Waals surface area contributed by atoms with E-state index in [1.165, 1.54) is 12.1 Å². The van der Waals surface area contributed by atoms with Crippen LogP contribution in [0.25, 0.3) is 0 Å². The van der Waals surface area contributed by atoms with Gasteiger partial charge in [-0.1, -0.05) is 17.7 Å². The summed E-state index contributed by atoms with van der Waals surface area (Å²) in [6, 6.07) is 3.04. The Bertz CT molecular complexity index is 465. The van der Waals surface area contributed by atoms with Gasteiger partial charge in [0.15, 0.2) is 0 Å². The molecule has 0 saturated carbocycles. The van der Waals surface area contributed by atoms with Gasteiger partial charge in [-0.3, -0.25) is 4.90 Å². The number of nitrogens with zero attached hydrogens (tertiary/aromatic N) is 1. The SMILES string of the molecule is Cl.OC[C@@H](c1ccc(Cl)cc1C(F)(F)F)N1CCNCC1. The van der Waals surface area contributed by atoms with Gasteiger partial charge in [0.2, 0.25) is 0 Å². The van der Waals surface area contributed by atoms with Crippen LogP contribution in [0, 0.1) is 0 Å². The molecule has 1 aromatic rings. The maximum absolute atomic E-state index is 13.1. The zero-order chi connectivity index (χ0) is 14.8. The van der Waals surface area contributed by atoms with Gasteiger partial charge in [-0.25, -0.2) is 0 Å². The summed E-state index contributed by atoms with van der Waals surface area (Å²) in [4.78, 5) is 1.86. The highest BCUT2D eigenvalue weighted by atomic mass is 35.5. The van der Waals surface area contributed by atoms with Gasteiger partial charge in [-0.15, -0.1) is 12.4 Å². The second-order valence-electron chi connectivity index (χ2n) is 4.71. The lowest BCUT2D eigenvalue weighted by molar-refractivity contribution is -0.139. The molecule has 1 saturated heterocycles. The summed E-state index contributed by atoms with van der Waals surface area (Å²) in [5.41, 5.74) is -0.700. The number of halogens is 5. The molecule has 120 valence electrons. The van der Waals surface area contributed by atoms with Crippen LogP contribution in [-0.4, -0.2) is 42.8 Å². The van der Waals surface area contributed by atoms with Crippen LogP contribution < -0.4 is 5.32 Å². The Balaban J connectivity index is 0.00000220. The molecule has 1 aliphatic heterocycles. The molecule has 2 rings (SSSR count). The zero-order valence-electron chi connectivity index (χ0n) is 11.2. The van der Waals surface area contributed by atoms with Crippen LogP contribution in [-0.2, 0) is 6.18 Å². The van der Waals surface area contributed by atoms with Gasteiger partial charge in [0.1, 0.15) is 0 Å². The van der Waals surface area contributed by atoms with E-state index in [1.807, 2.05) is 4.90 Å². The third kappa shape index (κ3) is 4.47. The molecule has 8 heteroatoms.